The fraction of sp³-hybridized carbons (Fsp3) is 0.190. The molecule has 0 fully saturated rings. The van der Waals surface area contributed by atoms with E-state index in [0.29, 0.717) is 24.3 Å². The Labute approximate surface area is 168 Å². The van der Waals surface area contributed by atoms with E-state index < -0.39 is 0 Å². The summed E-state index contributed by atoms with van der Waals surface area (Å²) in [5.74, 6) is -0.164. The van der Waals surface area contributed by atoms with Crippen LogP contribution in [-0.4, -0.2) is 16.9 Å². The fourth-order valence-electron chi connectivity index (χ4n) is 2.57. The smallest absolute Gasteiger partial charge is 0.315 e. The summed E-state index contributed by atoms with van der Waals surface area (Å²) in [5.41, 5.74) is 3.29. The summed E-state index contributed by atoms with van der Waals surface area (Å²) in [6.07, 6.45) is 1.76. The zero-order chi connectivity index (χ0) is 19.9. The summed E-state index contributed by atoms with van der Waals surface area (Å²) in [4.78, 5) is 29.5. The zero-order valence-electron chi connectivity index (χ0n) is 15.8. The van der Waals surface area contributed by atoms with Crippen molar-refractivity contribution in [3.05, 3.63) is 81.3 Å². The maximum atomic E-state index is 12.3. The van der Waals surface area contributed by atoms with E-state index in [4.69, 9.17) is 0 Å². The van der Waals surface area contributed by atoms with E-state index in [2.05, 4.69) is 20.9 Å². The van der Waals surface area contributed by atoms with Gasteiger partial charge in [0.15, 0.2) is 0 Å². The molecule has 3 N–H and O–H groups in total. The molecule has 1 heterocycles. The van der Waals surface area contributed by atoms with Gasteiger partial charge in [-0.1, -0.05) is 29.8 Å². The van der Waals surface area contributed by atoms with E-state index in [-0.39, 0.29) is 11.9 Å². The molecule has 7 heteroatoms. The molecule has 0 aliphatic rings. The number of benzene rings is 2. The molecule has 1 aromatic heterocycles. The molecular formula is C21H22N4O2S. The van der Waals surface area contributed by atoms with Crippen molar-refractivity contribution in [1.82, 2.24) is 15.6 Å². The van der Waals surface area contributed by atoms with Crippen LogP contribution in [0.25, 0.3) is 0 Å². The Kier molecular flexibility index (Phi) is 6.39. The maximum absolute atomic E-state index is 12.3. The van der Waals surface area contributed by atoms with Crippen LogP contribution in [0.2, 0.25) is 0 Å². The van der Waals surface area contributed by atoms with Crippen LogP contribution in [0.15, 0.2) is 54.7 Å². The van der Waals surface area contributed by atoms with E-state index >= 15 is 0 Å². The molecule has 0 spiro atoms. The van der Waals surface area contributed by atoms with E-state index in [1.807, 2.05) is 50.2 Å². The van der Waals surface area contributed by atoms with Gasteiger partial charge in [-0.2, -0.15) is 0 Å². The molecule has 0 bridgehead atoms. The summed E-state index contributed by atoms with van der Waals surface area (Å²) in [6.45, 7) is 4.72. The van der Waals surface area contributed by atoms with Crippen molar-refractivity contribution in [2.45, 2.75) is 26.9 Å². The number of anilines is 1. The minimum atomic E-state index is -0.250. The van der Waals surface area contributed by atoms with Crippen LogP contribution in [0.5, 0.6) is 0 Å². The third kappa shape index (κ3) is 5.65. The summed E-state index contributed by atoms with van der Waals surface area (Å²) in [7, 11) is 0. The van der Waals surface area contributed by atoms with E-state index in [0.717, 1.165) is 21.0 Å². The van der Waals surface area contributed by atoms with Crippen molar-refractivity contribution >= 4 is 29.0 Å². The number of thiazole rings is 1. The second-order valence-electron chi connectivity index (χ2n) is 6.40. The molecule has 3 amide bonds. The highest BCUT2D eigenvalue weighted by Crippen LogP contribution is 2.13. The Morgan fingerprint density at radius 3 is 2.46 bits per heavy atom. The van der Waals surface area contributed by atoms with E-state index in [1.54, 1.807) is 29.7 Å². The van der Waals surface area contributed by atoms with Crippen molar-refractivity contribution in [2.24, 2.45) is 0 Å². The molecule has 0 aliphatic carbocycles. The molecular weight excluding hydrogens is 372 g/mol. The quantitative estimate of drug-likeness (QED) is 0.591. The normalized spacial score (nSPS) is 10.4. The van der Waals surface area contributed by atoms with Gasteiger partial charge in [-0.25, -0.2) is 9.78 Å². The average molecular weight is 395 g/mol. The highest BCUT2D eigenvalue weighted by atomic mass is 32.1. The number of carbonyl (C=O) groups excluding carboxylic acids is 2. The van der Waals surface area contributed by atoms with Crippen molar-refractivity contribution in [1.29, 1.82) is 0 Å². The topological polar surface area (TPSA) is 83.1 Å². The number of nitrogens with one attached hydrogen (secondary N) is 3. The molecule has 0 saturated heterocycles. The minimum absolute atomic E-state index is 0.164. The predicted molar refractivity (Wildman–Crippen MR) is 112 cm³/mol. The lowest BCUT2D eigenvalue weighted by molar-refractivity contribution is 0.102. The third-order valence-corrected chi connectivity index (χ3v) is 4.96. The molecule has 28 heavy (non-hydrogen) atoms. The summed E-state index contributed by atoms with van der Waals surface area (Å²) < 4.78 is 0. The first-order valence-electron chi connectivity index (χ1n) is 8.89. The van der Waals surface area contributed by atoms with Crippen LogP contribution < -0.4 is 16.0 Å². The van der Waals surface area contributed by atoms with Gasteiger partial charge in [0.05, 0.1) is 11.6 Å². The Morgan fingerprint density at radius 1 is 1.00 bits per heavy atom. The van der Waals surface area contributed by atoms with Gasteiger partial charge >= 0.3 is 6.03 Å². The van der Waals surface area contributed by atoms with Gasteiger partial charge in [-0.3, -0.25) is 4.79 Å². The minimum Gasteiger partial charge on any atom is -0.334 e. The Bertz CT molecular complexity index is 967. The van der Waals surface area contributed by atoms with Gasteiger partial charge in [-0.05, 0) is 43.7 Å². The lowest BCUT2D eigenvalue weighted by atomic mass is 10.1. The van der Waals surface area contributed by atoms with Crippen molar-refractivity contribution in [2.75, 3.05) is 5.32 Å². The van der Waals surface area contributed by atoms with Crippen LogP contribution in [-0.2, 0) is 13.1 Å². The first-order chi connectivity index (χ1) is 13.5. The largest absolute Gasteiger partial charge is 0.334 e. The Morgan fingerprint density at radius 2 is 1.75 bits per heavy atom. The number of hydrogen-bond acceptors (Lipinski definition) is 4. The van der Waals surface area contributed by atoms with Gasteiger partial charge in [0.25, 0.3) is 5.91 Å². The maximum Gasteiger partial charge on any atom is 0.315 e. The Hall–Kier alpha value is -3.19. The number of aromatic nitrogens is 1. The van der Waals surface area contributed by atoms with Crippen molar-refractivity contribution in [3.63, 3.8) is 0 Å². The summed E-state index contributed by atoms with van der Waals surface area (Å²) in [6, 6.07) is 14.6. The number of urea groups is 1. The molecule has 0 aliphatic heterocycles. The lowest BCUT2D eigenvalue weighted by Gasteiger charge is -2.09. The highest BCUT2D eigenvalue weighted by Gasteiger charge is 2.07. The van der Waals surface area contributed by atoms with Gasteiger partial charge in [0.1, 0.15) is 0 Å². The van der Waals surface area contributed by atoms with Crippen molar-refractivity contribution in [3.8, 4) is 0 Å². The summed E-state index contributed by atoms with van der Waals surface area (Å²) in [5, 5.41) is 9.48. The molecule has 144 valence electrons. The van der Waals surface area contributed by atoms with Crippen LogP contribution in [0.3, 0.4) is 0 Å². The van der Waals surface area contributed by atoms with E-state index in [9.17, 15) is 9.59 Å². The SMILES string of the molecule is Cc1ccc(C(=O)Nc2cccc(CNC(=O)NCc3cnc(C)s3)c2)cc1. The van der Waals surface area contributed by atoms with Gasteiger partial charge in [0.2, 0.25) is 0 Å². The molecule has 3 aromatic rings. The zero-order valence-corrected chi connectivity index (χ0v) is 16.6. The van der Waals surface area contributed by atoms with E-state index in [1.165, 1.54) is 0 Å². The number of rotatable bonds is 6. The average Bonchev–Trinajstić information content (AvgIpc) is 3.11. The first kappa shape index (κ1) is 19.6. The second kappa shape index (κ2) is 9.14. The standard InChI is InChI=1S/C21H22N4O2S/c1-14-6-8-17(9-7-14)20(26)25-18-5-3-4-16(10-18)11-23-21(27)24-13-19-12-22-15(2)28-19/h3-10,12H,11,13H2,1-2H3,(H,25,26)(H2,23,24,27). The molecule has 3 rings (SSSR count). The fourth-order valence-corrected chi connectivity index (χ4v) is 3.30. The van der Waals surface area contributed by atoms with Crippen LogP contribution >= 0.6 is 11.3 Å². The van der Waals surface area contributed by atoms with Gasteiger partial charge in [0, 0.05) is 28.9 Å². The molecule has 0 saturated carbocycles. The van der Waals surface area contributed by atoms with Crippen LogP contribution in [0.4, 0.5) is 10.5 Å². The monoisotopic (exact) mass is 394 g/mol. The summed E-state index contributed by atoms with van der Waals surface area (Å²) >= 11 is 1.56. The Balaban J connectivity index is 1.50. The molecule has 6 nitrogen and oxygen atoms in total. The number of nitrogens with zero attached hydrogens (tertiary/aromatic N) is 1. The lowest BCUT2D eigenvalue weighted by Crippen LogP contribution is -2.34. The van der Waals surface area contributed by atoms with Gasteiger partial charge < -0.3 is 16.0 Å². The first-order valence-corrected chi connectivity index (χ1v) is 9.71. The number of hydrogen-bond donors (Lipinski definition) is 3. The number of aryl methyl sites for hydroxylation is 2. The predicted octanol–water partition coefficient (Wildman–Crippen LogP) is 4.01. The third-order valence-electron chi connectivity index (χ3n) is 4.04. The van der Waals surface area contributed by atoms with Crippen LogP contribution in [0.1, 0.15) is 31.4 Å². The van der Waals surface area contributed by atoms with Crippen LogP contribution in [0, 0.1) is 13.8 Å². The van der Waals surface area contributed by atoms with Gasteiger partial charge in [-0.15, -0.1) is 11.3 Å². The molecule has 0 unspecified atom stereocenters. The number of amides is 3. The molecule has 2 aromatic carbocycles. The van der Waals surface area contributed by atoms with Crippen molar-refractivity contribution < 1.29 is 9.59 Å². The second-order valence-corrected chi connectivity index (χ2v) is 7.72. The molecule has 0 atom stereocenters. The number of carbonyl (C=O) groups is 2. The molecule has 0 radical (unpaired) electrons. The highest BCUT2D eigenvalue weighted by molar-refractivity contribution is 7.11.